The van der Waals surface area contributed by atoms with Gasteiger partial charge in [0.15, 0.2) is 5.96 Å². The Labute approximate surface area is 110 Å². The Kier molecular flexibility index (Phi) is 5.95. The Morgan fingerprint density at radius 1 is 1.17 bits per heavy atom. The Balaban J connectivity index is 2.39. The van der Waals surface area contributed by atoms with E-state index in [1.165, 1.54) is 19.3 Å². The first-order chi connectivity index (χ1) is 8.49. The first kappa shape index (κ1) is 14.8. The fourth-order valence-electron chi connectivity index (χ4n) is 2.14. The standard InChI is InChI=1S/C13H26N4O/c1-9(2)15-12(18)10(3)16-13(14)17-11-7-5-4-6-8-11/h9-11H,4-8H2,1-3H3,(H,15,18)(H3,14,16,17). The van der Waals surface area contributed by atoms with Gasteiger partial charge < -0.3 is 16.4 Å². The normalized spacial score (nSPS) is 19.7. The Morgan fingerprint density at radius 2 is 1.78 bits per heavy atom. The predicted octanol–water partition coefficient (Wildman–Crippen LogP) is 1.14. The first-order valence-electron chi connectivity index (χ1n) is 6.89. The zero-order valence-electron chi connectivity index (χ0n) is 11.7. The van der Waals surface area contributed by atoms with Crippen molar-refractivity contribution in [3.8, 4) is 0 Å². The molecule has 1 rings (SSSR count). The van der Waals surface area contributed by atoms with Crippen LogP contribution in [-0.2, 0) is 4.79 Å². The van der Waals surface area contributed by atoms with E-state index < -0.39 is 0 Å². The first-order valence-corrected chi connectivity index (χ1v) is 6.89. The van der Waals surface area contributed by atoms with Crippen molar-refractivity contribution in [3.05, 3.63) is 0 Å². The van der Waals surface area contributed by atoms with E-state index in [0.29, 0.717) is 12.0 Å². The van der Waals surface area contributed by atoms with E-state index in [1.807, 2.05) is 13.8 Å². The van der Waals surface area contributed by atoms with Gasteiger partial charge in [0.05, 0.1) is 6.04 Å². The van der Waals surface area contributed by atoms with Gasteiger partial charge in [-0.05, 0) is 33.6 Å². The summed E-state index contributed by atoms with van der Waals surface area (Å²) in [4.78, 5) is 16.1. The third-order valence-corrected chi connectivity index (χ3v) is 3.08. The highest BCUT2D eigenvalue weighted by molar-refractivity contribution is 5.88. The van der Waals surface area contributed by atoms with E-state index >= 15 is 0 Å². The zero-order valence-corrected chi connectivity index (χ0v) is 11.7. The molecule has 1 amide bonds. The Bertz CT molecular complexity index is 295. The van der Waals surface area contributed by atoms with Crippen molar-refractivity contribution in [1.82, 2.24) is 10.6 Å². The number of guanidine groups is 1. The van der Waals surface area contributed by atoms with Gasteiger partial charge in [-0.25, -0.2) is 0 Å². The lowest BCUT2D eigenvalue weighted by atomic mass is 9.96. The van der Waals surface area contributed by atoms with E-state index in [-0.39, 0.29) is 18.0 Å². The number of hydrogen-bond donors (Lipinski definition) is 3. The molecule has 5 nitrogen and oxygen atoms in total. The van der Waals surface area contributed by atoms with Gasteiger partial charge in [0.2, 0.25) is 5.91 Å². The van der Waals surface area contributed by atoms with E-state index in [0.717, 1.165) is 12.8 Å². The van der Waals surface area contributed by atoms with Gasteiger partial charge in [-0.1, -0.05) is 19.3 Å². The van der Waals surface area contributed by atoms with E-state index in [4.69, 9.17) is 5.73 Å². The quantitative estimate of drug-likeness (QED) is 0.520. The number of amides is 1. The fraction of sp³-hybridized carbons (Fsp3) is 0.846. The molecule has 104 valence electrons. The molecular formula is C13H26N4O. The molecule has 18 heavy (non-hydrogen) atoms. The summed E-state index contributed by atoms with van der Waals surface area (Å²) in [5.74, 6) is 0.333. The highest BCUT2D eigenvalue weighted by Gasteiger charge is 2.16. The smallest absolute Gasteiger partial charge is 0.242 e. The summed E-state index contributed by atoms with van der Waals surface area (Å²) < 4.78 is 0. The molecule has 4 N–H and O–H groups in total. The average molecular weight is 254 g/mol. The molecular weight excluding hydrogens is 228 g/mol. The predicted molar refractivity (Wildman–Crippen MR) is 74.4 cm³/mol. The minimum atomic E-state index is -0.347. The van der Waals surface area contributed by atoms with E-state index in [9.17, 15) is 4.79 Å². The van der Waals surface area contributed by atoms with Crippen LogP contribution < -0.4 is 16.4 Å². The minimum Gasteiger partial charge on any atom is -0.370 e. The van der Waals surface area contributed by atoms with Crippen molar-refractivity contribution in [2.45, 2.75) is 71.0 Å². The van der Waals surface area contributed by atoms with Crippen molar-refractivity contribution in [1.29, 1.82) is 0 Å². The number of nitrogens with one attached hydrogen (secondary N) is 2. The van der Waals surface area contributed by atoms with Gasteiger partial charge in [-0.3, -0.25) is 9.79 Å². The van der Waals surface area contributed by atoms with Crippen molar-refractivity contribution in [2.75, 3.05) is 0 Å². The summed E-state index contributed by atoms with van der Waals surface area (Å²) >= 11 is 0. The summed E-state index contributed by atoms with van der Waals surface area (Å²) in [6.45, 7) is 5.66. The van der Waals surface area contributed by atoms with Crippen LogP contribution in [0.4, 0.5) is 0 Å². The summed E-state index contributed by atoms with van der Waals surface area (Å²) in [6, 6.07) is 0.115. The van der Waals surface area contributed by atoms with Crippen LogP contribution in [-0.4, -0.2) is 30.0 Å². The van der Waals surface area contributed by atoms with Crippen molar-refractivity contribution >= 4 is 11.9 Å². The molecule has 1 aliphatic rings. The lowest BCUT2D eigenvalue weighted by molar-refractivity contribution is -0.122. The van der Waals surface area contributed by atoms with Crippen LogP contribution in [0.5, 0.6) is 0 Å². The molecule has 1 fully saturated rings. The molecule has 0 radical (unpaired) electrons. The Hall–Kier alpha value is -1.26. The summed E-state index contributed by atoms with van der Waals surface area (Å²) in [7, 11) is 0. The van der Waals surface area contributed by atoms with Gasteiger partial charge in [-0.15, -0.1) is 0 Å². The summed E-state index contributed by atoms with van der Waals surface area (Å²) in [5, 5.41) is 5.79. The molecule has 0 saturated heterocycles. The Morgan fingerprint density at radius 3 is 2.33 bits per heavy atom. The third-order valence-electron chi connectivity index (χ3n) is 3.08. The van der Waals surface area contributed by atoms with Crippen LogP contribution in [0.3, 0.4) is 0 Å². The summed E-state index contributed by atoms with van der Waals surface area (Å²) in [6.07, 6.45) is 5.96. The van der Waals surface area contributed by atoms with Gasteiger partial charge in [0.1, 0.15) is 6.04 Å². The lowest BCUT2D eigenvalue weighted by Crippen LogP contribution is -2.49. The molecule has 1 saturated carbocycles. The maximum Gasteiger partial charge on any atom is 0.242 e. The van der Waals surface area contributed by atoms with Crippen LogP contribution in [0.1, 0.15) is 52.9 Å². The lowest BCUT2D eigenvalue weighted by Gasteiger charge is -2.20. The molecule has 0 aliphatic heterocycles. The van der Waals surface area contributed by atoms with Gasteiger partial charge in [0.25, 0.3) is 0 Å². The van der Waals surface area contributed by atoms with Crippen LogP contribution in [0, 0.1) is 0 Å². The second-order valence-corrected chi connectivity index (χ2v) is 5.34. The highest BCUT2D eigenvalue weighted by atomic mass is 16.2. The van der Waals surface area contributed by atoms with Gasteiger partial charge in [-0.2, -0.15) is 0 Å². The second-order valence-electron chi connectivity index (χ2n) is 5.34. The molecule has 0 spiro atoms. The highest BCUT2D eigenvalue weighted by Crippen LogP contribution is 2.19. The monoisotopic (exact) mass is 254 g/mol. The topological polar surface area (TPSA) is 79.5 Å². The van der Waals surface area contributed by atoms with Crippen molar-refractivity contribution in [2.24, 2.45) is 10.7 Å². The van der Waals surface area contributed by atoms with Crippen LogP contribution in [0.2, 0.25) is 0 Å². The van der Waals surface area contributed by atoms with Crippen LogP contribution in [0.15, 0.2) is 4.99 Å². The fourth-order valence-corrected chi connectivity index (χ4v) is 2.14. The number of aliphatic imine (C=N–C) groups is 1. The average Bonchev–Trinajstić information content (AvgIpc) is 2.29. The molecule has 5 heteroatoms. The number of rotatable bonds is 4. The molecule has 0 aromatic rings. The molecule has 1 atom stereocenters. The molecule has 1 aliphatic carbocycles. The van der Waals surface area contributed by atoms with E-state index in [1.54, 1.807) is 6.92 Å². The third kappa shape index (κ3) is 5.38. The van der Waals surface area contributed by atoms with E-state index in [2.05, 4.69) is 15.6 Å². The molecule has 0 aromatic heterocycles. The van der Waals surface area contributed by atoms with Crippen molar-refractivity contribution in [3.63, 3.8) is 0 Å². The molecule has 0 aromatic carbocycles. The zero-order chi connectivity index (χ0) is 13.5. The summed E-state index contributed by atoms with van der Waals surface area (Å²) in [5.41, 5.74) is 5.83. The minimum absolute atomic E-state index is 0.0493. The maximum atomic E-state index is 11.7. The van der Waals surface area contributed by atoms with Gasteiger partial charge >= 0.3 is 0 Å². The number of nitrogens with zero attached hydrogens (tertiary/aromatic N) is 1. The number of carbonyl (C=O) groups is 1. The number of nitrogens with two attached hydrogens (primary N) is 1. The van der Waals surface area contributed by atoms with Crippen LogP contribution in [0.25, 0.3) is 0 Å². The SMILES string of the molecule is CC(C)NC(=O)C(C)NC(N)=NC1CCCCC1. The number of carbonyl (C=O) groups excluding carboxylic acids is 1. The maximum absolute atomic E-state index is 11.7. The molecule has 1 unspecified atom stereocenters. The molecule has 0 heterocycles. The van der Waals surface area contributed by atoms with Crippen molar-refractivity contribution < 1.29 is 4.79 Å². The van der Waals surface area contributed by atoms with Crippen LogP contribution >= 0.6 is 0 Å². The molecule has 0 bridgehead atoms. The largest absolute Gasteiger partial charge is 0.370 e. The van der Waals surface area contributed by atoms with Gasteiger partial charge in [0, 0.05) is 6.04 Å². The second kappa shape index (κ2) is 7.24. The number of hydrogen-bond acceptors (Lipinski definition) is 2.